The van der Waals surface area contributed by atoms with Gasteiger partial charge in [0.15, 0.2) is 0 Å². The molecule has 0 bridgehead atoms. The van der Waals surface area contributed by atoms with Gasteiger partial charge in [0, 0.05) is 0 Å². The minimum Gasteiger partial charge on any atom is -0.381 e. The third kappa shape index (κ3) is 5.39. The molecular weight excluding hydrogens is 245 g/mol. The van der Waals surface area contributed by atoms with Crippen molar-refractivity contribution in [1.29, 1.82) is 0 Å². The molecule has 3 nitrogen and oxygen atoms in total. The first-order valence-electron chi connectivity index (χ1n) is 4.88. The van der Waals surface area contributed by atoms with Crippen LogP contribution in [0.2, 0.25) is 0 Å². The van der Waals surface area contributed by atoms with Crippen molar-refractivity contribution in [2.75, 3.05) is 0 Å². The Hall–Kier alpha value is -0.720. The van der Waals surface area contributed by atoms with Crippen LogP contribution < -0.4 is 0 Å². The predicted molar refractivity (Wildman–Crippen MR) is 54.0 cm³/mol. The van der Waals surface area contributed by atoms with Crippen LogP contribution in [-0.2, 0) is 14.3 Å². The van der Waals surface area contributed by atoms with E-state index in [0.717, 1.165) is 19.3 Å². The van der Waals surface area contributed by atoms with Crippen molar-refractivity contribution >= 4 is 10.1 Å². The molecule has 0 fully saturated rings. The second kappa shape index (κ2) is 6.12. The van der Waals surface area contributed by atoms with Crippen molar-refractivity contribution in [3.63, 3.8) is 0 Å². The van der Waals surface area contributed by atoms with Crippen molar-refractivity contribution in [3.05, 3.63) is 11.8 Å². The number of unbranched alkanes of at least 4 members (excludes halogenated alkanes) is 3. The maximum atomic E-state index is 11.9. The first-order chi connectivity index (χ1) is 7.20. The number of allylic oxidation sites excluding steroid dienone is 2. The number of hydrogen-bond donors (Lipinski definition) is 0. The van der Waals surface area contributed by atoms with Gasteiger partial charge in [0.1, 0.15) is 5.76 Å². The molecule has 16 heavy (non-hydrogen) atoms. The lowest BCUT2D eigenvalue weighted by molar-refractivity contribution is -0.0521. The maximum Gasteiger partial charge on any atom is 0.534 e. The monoisotopic (exact) mass is 260 g/mol. The summed E-state index contributed by atoms with van der Waals surface area (Å²) in [6.45, 7) is 3.18. The van der Waals surface area contributed by atoms with E-state index in [-0.39, 0.29) is 5.76 Å². The molecule has 0 N–H and O–H groups in total. The van der Waals surface area contributed by atoms with Crippen LogP contribution >= 0.6 is 0 Å². The zero-order chi connectivity index (χ0) is 12.8. The third-order valence-electron chi connectivity index (χ3n) is 1.76. The second-order valence-electron chi connectivity index (χ2n) is 3.29. The summed E-state index contributed by atoms with van der Waals surface area (Å²) in [6.07, 6.45) is 4.57. The van der Waals surface area contributed by atoms with Gasteiger partial charge in [-0.1, -0.05) is 19.8 Å². The molecule has 0 rings (SSSR count). The number of halogens is 3. The van der Waals surface area contributed by atoms with Gasteiger partial charge in [0.25, 0.3) is 0 Å². The van der Waals surface area contributed by atoms with Gasteiger partial charge in [-0.2, -0.15) is 21.6 Å². The maximum absolute atomic E-state index is 11.9. The topological polar surface area (TPSA) is 43.4 Å². The summed E-state index contributed by atoms with van der Waals surface area (Å²) in [4.78, 5) is 0. The molecule has 0 aliphatic rings. The lowest BCUT2D eigenvalue weighted by atomic mass is 10.2. The standard InChI is InChI=1S/C9H15F3O3S/c1-3-4-5-6-7-8(2)15-16(13,14)9(10,11)12/h7H,3-6H2,1-2H3. The average Bonchev–Trinajstić information content (AvgIpc) is 2.10. The highest BCUT2D eigenvalue weighted by atomic mass is 32.2. The Morgan fingerprint density at radius 3 is 2.31 bits per heavy atom. The van der Waals surface area contributed by atoms with Gasteiger partial charge >= 0.3 is 15.6 Å². The molecule has 0 aliphatic carbocycles. The summed E-state index contributed by atoms with van der Waals surface area (Å²) in [5, 5.41) is 0. The third-order valence-corrected chi connectivity index (χ3v) is 2.81. The lowest BCUT2D eigenvalue weighted by Gasteiger charge is -2.09. The van der Waals surface area contributed by atoms with Gasteiger partial charge in [0.2, 0.25) is 0 Å². The molecule has 7 heteroatoms. The first-order valence-corrected chi connectivity index (χ1v) is 6.29. The molecule has 0 aromatic rings. The average molecular weight is 260 g/mol. The molecule has 0 amide bonds. The fourth-order valence-corrected chi connectivity index (χ4v) is 1.46. The van der Waals surface area contributed by atoms with E-state index in [9.17, 15) is 21.6 Å². The van der Waals surface area contributed by atoms with Crippen molar-refractivity contribution in [2.24, 2.45) is 0 Å². The van der Waals surface area contributed by atoms with Crippen LogP contribution in [0.15, 0.2) is 11.8 Å². The van der Waals surface area contributed by atoms with Crippen LogP contribution in [0.5, 0.6) is 0 Å². The highest BCUT2D eigenvalue weighted by Gasteiger charge is 2.48. The molecule has 0 saturated carbocycles. The first kappa shape index (κ1) is 15.3. The largest absolute Gasteiger partial charge is 0.534 e. The normalized spacial score (nSPS) is 13.9. The second-order valence-corrected chi connectivity index (χ2v) is 4.83. The van der Waals surface area contributed by atoms with E-state index < -0.39 is 15.6 Å². The summed E-state index contributed by atoms with van der Waals surface area (Å²) >= 11 is 0. The molecule has 0 spiro atoms. The van der Waals surface area contributed by atoms with E-state index in [1.807, 2.05) is 6.92 Å². The quantitative estimate of drug-likeness (QED) is 0.318. The van der Waals surface area contributed by atoms with Gasteiger partial charge in [-0.3, -0.25) is 0 Å². The van der Waals surface area contributed by atoms with E-state index in [0.29, 0.717) is 6.42 Å². The molecule has 0 radical (unpaired) electrons. The minimum atomic E-state index is -5.51. The van der Waals surface area contributed by atoms with E-state index in [1.165, 1.54) is 13.0 Å². The molecule has 0 atom stereocenters. The van der Waals surface area contributed by atoms with E-state index in [2.05, 4.69) is 4.18 Å². The molecule has 0 unspecified atom stereocenters. The van der Waals surface area contributed by atoms with Gasteiger partial charge in [-0.05, 0) is 25.8 Å². The van der Waals surface area contributed by atoms with Crippen molar-refractivity contribution < 1.29 is 25.8 Å². The fourth-order valence-electron chi connectivity index (χ4n) is 0.954. The molecule has 0 aromatic carbocycles. The zero-order valence-electron chi connectivity index (χ0n) is 9.17. The summed E-state index contributed by atoms with van der Waals surface area (Å²) in [6, 6.07) is 0. The molecular formula is C9H15F3O3S. The van der Waals surface area contributed by atoms with Crippen LogP contribution in [0.25, 0.3) is 0 Å². The number of rotatable bonds is 6. The van der Waals surface area contributed by atoms with Crippen LogP contribution in [0.3, 0.4) is 0 Å². The lowest BCUT2D eigenvalue weighted by Crippen LogP contribution is -2.24. The predicted octanol–water partition coefficient (Wildman–Crippen LogP) is 3.34. The highest BCUT2D eigenvalue weighted by Crippen LogP contribution is 2.26. The Labute approximate surface area is 93.4 Å². The Morgan fingerprint density at radius 1 is 1.31 bits per heavy atom. The van der Waals surface area contributed by atoms with E-state index in [4.69, 9.17) is 0 Å². The molecule has 0 saturated heterocycles. The van der Waals surface area contributed by atoms with Crippen LogP contribution in [0, 0.1) is 0 Å². The molecule has 0 aliphatic heterocycles. The fraction of sp³-hybridized carbons (Fsp3) is 0.778. The molecule has 96 valence electrons. The van der Waals surface area contributed by atoms with Gasteiger partial charge in [-0.15, -0.1) is 0 Å². The van der Waals surface area contributed by atoms with Gasteiger partial charge in [-0.25, -0.2) is 0 Å². The van der Waals surface area contributed by atoms with Crippen molar-refractivity contribution in [3.8, 4) is 0 Å². The van der Waals surface area contributed by atoms with Crippen LogP contribution in [-0.4, -0.2) is 13.9 Å². The summed E-state index contributed by atoms with van der Waals surface area (Å²) in [7, 11) is -5.51. The molecule has 0 heterocycles. The van der Waals surface area contributed by atoms with Crippen molar-refractivity contribution in [1.82, 2.24) is 0 Å². The number of alkyl halides is 3. The summed E-state index contributed by atoms with van der Waals surface area (Å²) < 4.78 is 60.7. The van der Waals surface area contributed by atoms with Gasteiger partial charge < -0.3 is 4.18 Å². The smallest absolute Gasteiger partial charge is 0.381 e. The summed E-state index contributed by atoms with van der Waals surface area (Å²) in [5.41, 5.74) is -5.37. The SMILES string of the molecule is CCCCCC=C(C)OS(=O)(=O)C(F)(F)F. The molecule has 0 aromatic heterocycles. The number of hydrogen-bond acceptors (Lipinski definition) is 3. The van der Waals surface area contributed by atoms with E-state index in [1.54, 1.807) is 0 Å². The minimum absolute atomic E-state index is 0.242. The van der Waals surface area contributed by atoms with Crippen molar-refractivity contribution in [2.45, 2.75) is 45.0 Å². The van der Waals surface area contributed by atoms with Crippen LogP contribution in [0.1, 0.15) is 39.5 Å². The zero-order valence-corrected chi connectivity index (χ0v) is 9.99. The van der Waals surface area contributed by atoms with Gasteiger partial charge in [0.05, 0.1) is 0 Å². The Morgan fingerprint density at radius 2 is 1.88 bits per heavy atom. The Bertz CT molecular complexity index is 330. The summed E-state index contributed by atoms with van der Waals surface area (Å²) in [5.74, 6) is -0.242. The Balaban J connectivity index is 4.29. The van der Waals surface area contributed by atoms with E-state index >= 15 is 0 Å². The highest BCUT2D eigenvalue weighted by molar-refractivity contribution is 7.87. The van der Waals surface area contributed by atoms with Crippen LogP contribution in [0.4, 0.5) is 13.2 Å². The Kier molecular flexibility index (Phi) is 5.85.